The molecule has 0 fully saturated rings. The fourth-order valence-electron chi connectivity index (χ4n) is 6.46. The van der Waals surface area contributed by atoms with Crippen LogP contribution in [0, 0.1) is 10.8 Å². The summed E-state index contributed by atoms with van der Waals surface area (Å²) in [4.78, 5) is 15.2. The molecule has 0 saturated heterocycles. The van der Waals surface area contributed by atoms with Crippen molar-refractivity contribution in [1.29, 1.82) is 10.8 Å². The summed E-state index contributed by atoms with van der Waals surface area (Å²) in [5.41, 5.74) is 8.43. The molecule has 0 aliphatic heterocycles. The van der Waals surface area contributed by atoms with E-state index < -0.39 is 0 Å². The maximum atomic E-state index is 8.59. The third-order valence-corrected chi connectivity index (χ3v) is 8.78. The molecule has 6 aromatic carbocycles. The molecule has 8 aromatic rings. The average molecular weight is 604 g/mol. The lowest BCUT2D eigenvalue weighted by molar-refractivity contribution is 0.669. The summed E-state index contributed by atoms with van der Waals surface area (Å²) in [5.74, 6) is 1.65. The summed E-state index contributed by atoms with van der Waals surface area (Å²) in [6.45, 7) is 0. The highest BCUT2D eigenvalue weighted by molar-refractivity contribution is 6.53. The van der Waals surface area contributed by atoms with Gasteiger partial charge in [-0.05, 0) is 57.8 Å². The second kappa shape index (κ2) is 10.5. The first-order valence-electron chi connectivity index (χ1n) is 15.4. The van der Waals surface area contributed by atoms with Crippen LogP contribution in [0.5, 0.6) is 0 Å². The molecule has 9 rings (SSSR count). The van der Waals surface area contributed by atoms with Gasteiger partial charge in [0.1, 0.15) is 11.2 Å². The Labute approximate surface area is 269 Å². The Morgan fingerprint density at radius 2 is 1.13 bits per heavy atom. The molecule has 0 atom stereocenters. The van der Waals surface area contributed by atoms with Crippen LogP contribution in [0.25, 0.3) is 84.1 Å². The van der Waals surface area contributed by atoms with E-state index in [1.165, 1.54) is 0 Å². The summed E-state index contributed by atoms with van der Waals surface area (Å²) in [6, 6.07) is 42.7. The van der Waals surface area contributed by atoms with Gasteiger partial charge in [-0.15, -0.1) is 0 Å². The lowest BCUT2D eigenvalue weighted by Gasteiger charge is -2.16. The van der Waals surface area contributed by atoms with Gasteiger partial charge in [0.05, 0.1) is 11.4 Å². The molecule has 2 aromatic heterocycles. The lowest BCUT2D eigenvalue weighted by atomic mass is 9.89. The second-order valence-electron chi connectivity index (χ2n) is 11.6. The molecule has 0 spiro atoms. The SMILES string of the molecule is N=C1C=Cc2ccc3cc(-c4nc(-c5ccc6c(c5)oc5ccccc56)nc(-c5ccccc5-c5ccccc5)n4)ccc3c2C1=N. The van der Waals surface area contributed by atoms with E-state index in [-0.39, 0.29) is 11.4 Å². The third kappa shape index (κ3) is 4.46. The number of nitrogens with zero attached hydrogens (tertiary/aromatic N) is 3. The normalized spacial score (nSPS) is 12.7. The average Bonchev–Trinajstić information content (AvgIpc) is 3.51. The zero-order valence-electron chi connectivity index (χ0n) is 25.0. The molecule has 0 amide bonds. The maximum absolute atomic E-state index is 8.59. The molecule has 6 heteroatoms. The first-order chi connectivity index (χ1) is 23.1. The van der Waals surface area contributed by atoms with E-state index in [9.17, 15) is 0 Å². The van der Waals surface area contributed by atoms with Gasteiger partial charge in [0.15, 0.2) is 17.5 Å². The Balaban J connectivity index is 1.25. The minimum Gasteiger partial charge on any atom is -0.456 e. The molecule has 47 heavy (non-hydrogen) atoms. The number of hydrogen-bond acceptors (Lipinski definition) is 6. The van der Waals surface area contributed by atoms with E-state index in [0.29, 0.717) is 17.5 Å². The largest absolute Gasteiger partial charge is 0.456 e. The first kappa shape index (κ1) is 26.8. The van der Waals surface area contributed by atoms with Gasteiger partial charge in [-0.2, -0.15) is 0 Å². The third-order valence-electron chi connectivity index (χ3n) is 8.78. The van der Waals surface area contributed by atoms with Crippen LogP contribution in [0.4, 0.5) is 0 Å². The van der Waals surface area contributed by atoms with Crippen molar-refractivity contribution < 1.29 is 4.42 Å². The van der Waals surface area contributed by atoms with E-state index in [0.717, 1.165) is 71.7 Å². The fraction of sp³-hybridized carbons (Fsp3) is 0. The predicted molar refractivity (Wildman–Crippen MR) is 190 cm³/mol. The number of para-hydroxylation sites is 1. The van der Waals surface area contributed by atoms with Crippen LogP contribution in [0.3, 0.4) is 0 Å². The molecule has 2 heterocycles. The molecule has 0 bridgehead atoms. The van der Waals surface area contributed by atoms with Crippen LogP contribution in [-0.2, 0) is 0 Å². The van der Waals surface area contributed by atoms with Crippen LogP contribution in [0.1, 0.15) is 11.1 Å². The van der Waals surface area contributed by atoms with E-state index in [2.05, 4.69) is 42.5 Å². The van der Waals surface area contributed by atoms with Crippen molar-refractivity contribution in [1.82, 2.24) is 15.0 Å². The number of nitrogens with one attached hydrogen (secondary N) is 2. The zero-order chi connectivity index (χ0) is 31.5. The van der Waals surface area contributed by atoms with Crippen LogP contribution in [0.15, 0.2) is 138 Å². The Kier molecular flexibility index (Phi) is 6.01. The molecular weight excluding hydrogens is 578 g/mol. The van der Waals surface area contributed by atoms with Crippen molar-refractivity contribution >= 4 is 50.2 Å². The van der Waals surface area contributed by atoms with Crippen LogP contribution in [-0.4, -0.2) is 26.4 Å². The molecule has 2 N–H and O–H groups in total. The summed E-state index contributed by atoms with van der Waals surface area (Å²) >= 11 is 0. The molecule has 0 radical (unpaired) electrons. The van der Waals surface area contributed by atoms with Gasteiger partial charge in [-0.3, -0.25) is 10.8 Å². The minimum atomic E-state index is 0.208. The van der Waals surface area contributed by atoms with Crippen molar-refractivity contribution in [3.05, 3.63) is 145 Å². The monoisotopic (exact) mass is 603 g/mol. The van der Waals surface area contributed by atoms with E-state index >= 15 is 0 Å². The standard InChI is InChI=1S/C41H25N5O/c42-34-21-18-25-14-15-26-22-27(16-19-30(26)37(25)38(34)43)39-44-40(28-17-20-32-31-11-6-7-13-35(31)47-36(32)23-28)46-41(45-39)33-12-5-4-10-29(33)24-8-2-1-3-9-24/h1-23,42-43H. The quantitative estimate of drug-likeness (QED) is 0.209. The van der Waals surface area contributed by atoms with Crippen molar-refractivity contribution in [2.24, 2.45) is 0 Å². The molecule has 220 valence electrons. The van der Waals surface area contributed by atoms with E-state index in [1.807, 2.05) is 91.0 Å². The number of allylic oxidation sites excluding steroid dienone is 1. The molecular formula is C41H25N5O. The van der Waals surface area contributed by atoms with Gasteiger partial charge < -0.3 is 4.42 Å². The summed E-state index contributed by atoms with van der Waals surface area (Å²) in [5, 5.41) is 20.8. The van der Waals surface area contributed by atoms with Crippen LogP contribution < -0.4 is 0 Å². The molecule has 0 saturated carbocycles. The topological polar surface area (TPSA) is 99.5 Å². The molecule has 1 aliphatic carbocycles. The van der Waals surface area contributed by atoms with Gasteiger partial charge in [0.2, 0.25) is 0 Å². The first-order valence-corrected chi connectivity index (χ1v) is 15.4. The van der Waals surface area contributed by atoms with Crippen LogP contribution in [0.2, 0.25) is 0 Å². The summed E-state index contributed by atoms with van der Waals surface area (Å²) in [7, 11) is 0. The van der Waals surface area contributed by atoms with Gasteiger partial charge in [0, 0.05) is 33.0 Å². The Morgan fingerprint density at radius 3 is 1.96 bits per heavy atom. The smallest absolute Gasteiger partial charge is 0.164 e. The Hall–Kier alpha value is -6.53. The number of furan rings is 1. The van der Waals surface area contributed by atoms with Crippen molar-refractivity contribution in [2.45, 2.75) is 0 Å². The number of benzene rings is 6. The Bertz CT molecular complexity index is 2620. The number of fused-ring (bicyclic) bond motifs is 6. The fourth-order valence-corrected chi connectivity index (χ4v) is 6.46. The Morgan fingerprint density at radius 1 is 0.468 bits per heavy atom. The number of hydrogen-bond donors (Lipinski definition) is 2. The second-order valence-corrected chi connectivity index (χ2v) is 11.6. The van der Waals surface area contributed by atoms with Crippen molar-refractivity contribution in [2.75, 3.05) is 0 Å². The zero-order valence-corrected chi connectivity index (χ0v) is 25.0. The van der Waals surface area contributed by atoms with Gasteiger partial charge in [-0.25, -0.2) is 15.0 Å². The van der Waals surface area contributed by atoms with Crippen molar-refractivity contribution in [3.63, 3.8) is 0 Å². The highest BCUT2D eigenvalue weighted by Gasteiger charge is 2.20. The van der Waals surface area contributed by atoms with Gasteiger partial charge in [0.25, 0.3) is 0 Å². The highest BCUT2D eigenvalue weighted by Crippen LogP contribution is 2.36. The number of rotatable bonds is 4. The highest BCUT2D eigenvalue weighted by atomic mass is 16.3. The van der Waals surface area contributed by atoms with Gasteiger partial charge in [-0.1, -0.05) is 109 Å². The molecule has 1 aliphatic rings. The summed E-state index contributed by atoms with van der Waals surface area (Å²) in [6.07, 6.45) is 3.57. The predicted octanol–water partition coefficient (Wildman–Crippen LogP) is 10.0. The van der Waals surface area contributed by atoms with E-state index in [4.69, 9.17) is 30.2 Å². The molecule has 6 nitrogen and oxygen atoms in total. The lowest BCUT2D eigenvalue weighted by Crippen LogP contribution is -2.16. The van der Waals surface area contributed by atoms with Crippen LogP contribution >= 0.6 is 0 Å². The minimum absolute atomic E-state index is 0.208. The molecule has 0 unspecified atom stereocenters. The number of aromatic nitrogens is 3. The van der Waals surface area contributed by atoms with Gasteiger partial charge >= 0.3 is 0 Å². The van der Waals surface area contributed by atoms with E-state index in [1.54, 1.807) is 6.08 Å². The summed E-state index contributed by atoms with van der Waals surface area (Å²) < 4.78 is 6.22. The maximum Gasteiger partial charge on any atom is 0.164 e. The van der Waals surface area contributed by atoms with Crippen molar-refractivity contribution in [3.8, 4) is 45.3 Å².